The fraction of sp³-hybridized carbons (Fsp3) is 0.714. The fourth-order valence-corrected chi connectivity index (χ4v) is 0.644. The zero-order valence-electron chi connectivity index (χ0n) is 7.07. The molecule has 5 nitrogen and oxygen atoms in total. The number of aliphatic carboxylic acids is 1. The minimum absolute atomic E-state index is 0.144. The summed E-state index contributed by atoms with van der Waals surface area (Å²) < 4.78 is 0. The molecule has 0 unspecified atom stereocenters. The Hall–Kier alpha value is -1.10. The zero-order valence-corrected chi connectivity index (χ0v) is 7.07. The van der Waals surface area contributed by atoms with E-state index in [1.807, 2.05) is 19.2 Å². The molecule has 0 aliphatic heterocycles. The summed E-state index contributed by atoms with van der Waals surface area (Å²) >= 11 is 0. The van der Waals surface area contributed by atoms with Crippen molar-refractivity contribution in [1.29, 1.82) is 0 Å². The van der Waals surface area contributed by atoms with Gasteiger partial charge in [-0.15, -0.1) is 0 Å². The third-order valence-corrected chi connectivity index (χ3v) is 1.13. The quantitative estimate of drug-likeness (QED) is 0.505. The first-order chi connectivity index (χ1) is 5.43. The number of carboxylic acids is 1. The van der Waals surface area contributed by atoms with Crippen molar-refractivity contribution < 1.29 is 19.8 Å². The van der Waals surface area contributed by atoms with Crippen molar-refractivity contribution in [3.63, 3.8) is 0 Å². The van der Waals surface area contributed by atoms with E-state index in [1.165, 1.54) is 0 Å². The van der Waals surface area contributed by atoms with Crippen molar-refractivity contribution in [2.75, 3.05) is 0 Å². The predicted molar refractivity (Wildman–Crippen MR) is 41.2 cm³/mol. The van der Waals surface area contributed by atoms with Gasteiger partial charge in [-0.25, -0.2) is 4.79 Å². The highest BCUT2D eigenvalue weighted by molar-refractivity contribution is 5.82. The highest BCUT2D eigenvalue weighted by Crippen LogP contribution is 1.98. The molecule has 3 N–H and O–H groups in total. The highest BCUT2D eigenvalue weighted by Gasteiger charge is 2.15. The number of hydrogen-bond donors (Lipinski definition) is 3. The van der Waals surface area contributed by atoms with Crippen LogP contribution in [0.5, 0.6) is 0 Å². The zero-order chi connectivity index (χ0) is 9.72. The molecule has 1 atom stereocenters. The van der Waals surface area contributed by atoms with Crippen molar-refractivity contribution >= 4 is 11.9 Å². The van der Waals surface area contributed by atoms with Gasteiger partial charge in [0, 0.05) is 6.42 Å². The summed E-state index contributed by atoms with van der Waals surface area (Å²) in [6.45, 7) is 3.65. The van der Waals surface area contributed by atoms with Gasteiger partial charge in [0.2, 0.25) is 12.1 Å². The van der Waals surface area contributed by atoms with E-state index in [4.69, 9.17) is 10.2 Å². The van der Waals surface area contributed by atoms with Crippen LogP contribution in [0.1, 0.15) is 20.3 Å². The van der Waals surface area contributed by atoms with E-state index in [0.29, 0.717) is 0 Å². The predicted octanol–water partition coefficient (Wildman–Crippen LogP) is -0.448. The maximum absolute atomic E-state index is 10.8. The molecule has 0 aromatic heterocycles. The van der Waals surface area contributed by atoms with Crippen LogP contribution in [-0.2, 0) is 9.59 Å². The van der Waals surface area contributed by atoms with Crippen LogP contribution in [-0.4, -0.2) is 28.3 Å². The van der Waals surface area contributed by atoms with Gasteiger partial charge in [0.1, 0.15) is 0 Å². The molecule has 0 saturated carbocycles. The minimum atomic E-state index is -1.80. The molecule has 0 spiro atoms. The van der Waals surface area contributed by atoms with E-state index in [0.717, 1.165) is 0 Å². The van der Waals surface area contributed by atoms with Crippen LogP contribution >= 0.6 is 0 Å². The second kappa shape index (κ2) is 4.71. The number of hydrogen-bond acceptors (Lipinski definition) is 3. The molecule has 0 bridgehead atoms. The lowest BCUT2D eigenvalue weighted by molar-refractivity contribution is -0.151. The molecule has 0 radical (unpaired) electrons. The van der Waals surface area contributed by atoms with Gasteiger partial charge in [0.25, 0.3) is 0 Å². The number of carbonyl (C=O) groups is 2. The van der Waals surface area contributed by atoms with Crippen molar-refractivity contribution in [1.82, 2.24) is 5.32 Å². The van der Waals surface area contributed by atoms with E-state index < -0.39 is 18.1 Å². The number of aliphatic hydroxyl groups is 1. The van der Waals surface area contributed by atoms with Crippen LogP contribution in [0, 0.1) is 5.92 Å². The molecular formula is C7H13NO4. The van der Waals surface area contributed by atoms with Crippen LogP contribution < -0.4 is 5.32 Å². The number of carboxylic acid groups (broad SMARTS) is 1. The average Bonchev–Trinajstić information content (AvgIpc) is 1.84. The molecule has 0 rings (SSSR count). The summed E-state index contributed by atoms with van der Waals surface area (Å²) in [5.41, 5.74) is 0. The Labute approximate surface area is 70.4 Å². The van der Waals surface area contributed by atoms with Gasteiger partial charge >= 0.3 is 5.97 Å². The first-order valence-electron chi connectivity index (χ1n) is 3.63. The molecular weight excluding hydrogens is 162 g/mol. The Kier molecular flexibility index (Phi) is 4.28. The van der Waals surface area contributed by atoms with Gasteiger partial charge in [-0.2, -0.15) is 0 Å². The summed E-state index contributed by atoms with van der Waals surface area (Å²) in [6.07, 6.45) is -1.58. The lowest BCUT2D eigenvalue weighted by atomic mass is 10.1. The number of aliphatic hydroxyl groups excluding tert-OH is 1. The molecule has 0 aromatic carbocycles. The average molecular weight is 175 g/mol. The molecule has 0 fully saturated rings. The van der Waals surface area contributed by atoms with Gasteiger partial charge in [-0.1, -0.05) is 13.8 Å². The van der Waals surface area contributed by atoms with Crippen LogP contribution in [0.4, 0.5) is 0 Å². The van der Waals surface area contributed by atoms with Crippen LogP contribution in [0.2, 0.25) is 0 Å². The smallest absolute Gasteiger partial charge is 0.353 e. The minimum Gasteiger partial charge on any atom is -0.478 e. The molecule has 0 aromatic rings. The lowest BCUT2D eigenvalue weighted by Gasteiger charge is -2.09. The van der Waals surface area contributed by atoms with Gasteiger partial charge in [-0.05, 0) is 5.92 Å². The molecule has 5 heteroatoms. The number of nitrogens with one attached hydrogen (secondary N) is 1. The first-order valence-corrected chi connectivity index (χ1v) is 3.63. The topological polar surface area (TPSA) is 86.6 Å². The molecule has 0 aliphatic rings. The van der Waals surface area contributed by atoms with E-state index in [9.17, 15) is 9.59 Å². The summed E-state index contributed by atoms with van der Waals surface area (Å²) in [4.78, 5) is 20.9. The Bertz CT molecular complexity index is 178. The van der Waals surface area contributed by atoms with Crippen molar-refractivity contribution in [2.45, 2.75) is 26.5 Å². The van der Waals surface area contributed by atoms with Crippen LogP contribution in [0.15, 0.2) is 0 Å². The SMILES string of the molecule is CC(C)CC(=O)N[C@@H](O)C(=O)O. The van der Waals surface area contributed by atoms with Gasteiger partial charge < -0.3 is 15.5 Å². The second-order valence-electron chi connectivity index (χ2n) is 2.91. The molecule has 70 valence electrons. The van der Waals surface area contributed by atoms with E-state index in [-0.39, 0.29) is 12.3 Å². The monoisotopic (exact) mass is 175 g/mol. The van der Waals surface area contributed by atoms with Crippen molar-refractivity contribution in [3.05, 3.63) is 0 Å². The number of rotatable bonds is 4. The highest BCUT2D eigenvalue weighted by atomic mass is 16.4. The fourth-order valence-electron chi connectivity index (χ4n) is 0.644. The normalized spacial score (nSPS) is 12.7. The standard InChI is InChI=1S/C7H13NO4/c1-4(2)3-5(9)8-6(10)7(11)12/h4,6,10H,3H2,1-2H3,(H,8,9)(H,11,12)/t6-/m0/s1. The summed E-state index contributed by atoms with van der Waals surface area (Å²) in [6, 6.07) is 0. The Balaban J connectivity index is 3.77. The second-order valence-corrected chi connectivity index (χ2v) is 2.91. The Morgan fingerprint density at radius 3 is 2.25 bits per heavy atom. The van der Waals surface area contributed by atoms with E-state index >= 15 is 0 Å². The molecule has 1 amide bonds. The van der Waals surface area contributed by atoms with E-state index in [1.54, 1.807) is 0 Å². The summed E-state index contributed by atoms with van der Waals surface area (Å²) in [7, 11) is 0. The lowest BCUT2D eigenvalue weighted by Crippen LogP contribution is -2.40. The molecule has 0 heterocycles. The Morgan fingerprint density at radius 1 is 1.42 bits per heavy atom. The summed E-state index contributed by atoms with van der Waals surface area (Å²) in [5, 5.41) is 18.8. The molecule has 12 heavy (non-hydrogen) atoms. The third kappa shape index (κ3) is 4.68. The van der Waals surface area contributed by atoms with Gasteiger partial charge in [-0.3, -0.25) is 4.79 Å². The van der Waals surface area contributed by atoms with Gasteiger partial charge in [0.15, 0.2) is 0 Å². The van der Waals surface area contributed by atoms with Crippen LogP contribution in [0.25, 0.3) is 0 Å². The number of amides is 1. The summed E-state index contributed by atoms with van der Waals surface area (Å²) in [5.74, 6) is -1.77. The van der Waals surface area contributed by atoms with Crippen molar-refractivity contribution in [3.8, 4) is 0 Å². The molecule has 0 saturated heterocycles. The van der Waals surface area contributed by atoms with Crippen molar-refractivity contribution in [2.24, 2.45) is 5.92 Å². The Morgan fingerprint density at radius 2 is 1.92 bits per heavy atom. The van der Waals surface area contributed by atoms with Crippen LogP contribution in [0.3, 0.4) is 0 Å². The maximum Gasteiger partial charge on any atom is 0.353 e. The first kappa shape index (κ1) is 10.9. The maximum atomic E-state index is 10.8. The largest absolute Gasteiger partial charge is 0.478 e. The molecule has 0 aliphatic carbocycles. The van der Waals surface area contributed by atoms with Gasteiger partial charge in [0.05, 0.1) is 0 Å². The third-order valence-electron chi connectivity index (χ3n) is 1.13. The number of carbonyl (C=O) groups excluding carboxylic acids is 1. The van der Waals surface area contributed by atoms with E-state index in [2.05, 4.69) is 0 Å².